The molecule has 1 aliphatic rings. The number of anilines is 1. The number of benzene rings is 3. The lowest BCUT2D eigenvalue weighted by Crippen LogP contribution is -2.49. The largest absolute Gasteiger partial charge is 0.493 e. The first kappa shape index (κ1) is 24.9. The molecule has 1 amide bonds. The number of amides is 1. The van der Waals surface area contributed by atoms with Gasteiger partial charge in [0, 0.05) is 37.6 Å². The summed E-state index contributed by atoms with van der Waals surface area (Å²) in [4.78, 5) is 26.0. The molecule has 192 valence electrons. The maximum absolute atomic E-state index is 13.0. The van der Waals surface area contributed by atoms with Crippen LogP contribution in [0.25, 0.3) is 10.9 Å². The summed E-state index contributed by atoms with van der Waals surface area (Å²) in [6, 6.07) is 21.0. The molecule has 0 saturated carbocycles. The van der Waals surface area contributed by atoms with E-state index < -0.39 is 0 Å². The smallest absolute Gasteiger partial charge is 0.227 e. The number of hydrogen-bond acceptors (Lipinski definition) is 7. The third kappa shape index (κ3) is 5.62. The van der Waals surface area contributed by atoms with Crippen molar-refractivity contribution < 1.29 is 19.0 Å². The van der Waals surface area contributed by atoms with E-state index in [4.69, 9.17) is 20.6 Å². The van der Waals surface area contributed by atoms with Gasteiger partial charge in [-0.15, -0.1) is 6.42 Å². The minimum Gasteiger partial charge on any atom is -0.493 e. The molecular formula is C30H28N4O4. The van der Waals surface area contributed by atoms with Crippen molar-refractivity contribution in [1.29, 1.82) is 0 Å². The summed E-state index contributed by atoms with van der Waals surface area (Å²) in [6.07, 6.45) is 7.21. The number of para-hydroxylation sites is 1. The summed E-state index contributed by atoms with van der Waals surface area (Å²) >= 11 is 0. The number of methoxy groups -OCH3 is 1. The Morgan fingerprint density at radius 3 is 2.39 bits per heavy atom. The number of piperazine rings is 1. The van der Waals surface area contributed by atoms with Crippen molar-refractivity contribution >= 4 is 22.6 Å². The van der Waals surface area contributed by atoms with Crippen LogP contribution in [-0.4, -0.2) is 60.7 Å². The predicted molar refractivity (Wildman–Crippen MR) is 146 cm³/mol. The van der Waals surface area contributed by atoms with Crippen molar-refractivity contribution in [3.05, 3.63) is 78.6 Å². The molecule has 0 spiro atoms. The van der Waals surface area contributed by atoms with Crippen molar-refractivity contribution in [3.63, 3.8) is 0 Å². The van der Waals surface area contributed by atoms with Crippen LogP contribution in [0, 0.1) is 12.3 Å². The minimum atomic E-state index is 0.103. The van der Waals surface area contributed by atoms with E-state index in [2.05, 4.69) is 20.8 Å². The molecule has 0 N–H and O–H groups in total. The fraction of sp³-hybridized carbons (Fsp3) is 0.233. The Hall–Kier alpha value is -4.77. The number of ether oxygens (including phenoxy) is 3. The monoisotopic (exact) mass is 508 g/mol. The van der Waals surface area contributed by atoms with Crippen LogP contribution in [0.15, 0.2) is 73.1 Å². The van der Waals surface area contributed by atoms with Crippen molar-refractivity contribution in [2.45, 2.75) is 6.42 Å². The molecular weight excluding hydrogens is 480 g/mol. The lowest BCUT2D eigenvalue weighted by Gasteiger charge is -2.36. The summed E-state index contributed by atoms with van der Waals surface area (Å²) in [7, 11) is 1.58. The first-order valence-electron chi connectivity index (χ1n) is 12.4. The van der Waals surface area contributed by atoms with Gasteiger partial charge < -0.3 is 24.0 Å². The Balaban J connectivity index is 1.21. The van der Waals surface area contributed by atoms with E-state index in [1.54, 1.807) is 7.11 Å². The summed E-state index contributed by atoms with van der Waals surface area (Å²) in [5.41, 5.74) is 1.69. The van der Waals surface area contributed by atoms with E-state index in [9.17, 15) is 4.79 Å². The predicted octanol–water partition coefficient (Wildman–Crippen LogP) is 4.33. The lowest BCUT2D eigenvalue weighted by molar-refractivity contribution is -0.130. The lowest BCUT2D eigenvalue weighted by atomic mass is 10.1. The molecule has 0 atom stereocenters. The molecule has 1 aromatic heterocycles. The van der Waals surface area contributed by atoms with Crippen LogP contribution in [0.3, 0.4) is 0 Å². The fourth-order valence-corrected chi connectivity index (χ4v) is 4.45. The van der Waals surface area contributed by atoms with Gasteiger partial charge in [0.15, 0.2) is 11.5 Å². The summed E-state index contributed by atoms with van der Waals surface area (Å²) in [5, 5.41) is 0.856. The maximum atomic E-state index is 13.0. The summed E-state index contributed by atoms with van der Waals surface area (Å²) in [6.45, 7) is 2.69. The molecule has 1 fully saturated rings. The fourth-order valence-electron chi connectivity index (χ4n) is 4.45. The molecule has 8 heteroatoms. The highest BCUT2D eigenvalue weighted by Crippen LogP contribution is 2.35. The first-order chi connectivity index (χ1) is 18.6. The third-order valence-corrected chi connectivity index (χ3v) is 6.40. The Kier molecular flexibility index (Phi) is 7.55. The van der Waals surface area contributed by atoms with Gasteiger partial charge in [-0.05, 0) is 35.9 Å². The highest BCUT2D eigenvalue weighted by molar-refractivity contribution is 5.92. The molecule has 0 bridgehead atoms. The van der Waals surface area contributed by atoms with E-state index >= 15 is 0 Å². The van der Waals surface area contributed by atoms with Gasteiger partial charge in [-0.25, -0.2) is 9.97 Å². The molecule has 0 unspecified atom stereocenters. The van der Waals surface area contributed by atoms with Crippen LogP contribution in [0.2, 0.25) is 0 Å². The Morgan fingerprint density at radius 2 is 1.68 bits per heavy atom. The van der Waals surface area contributed by atoms with Crippen LogP contribution < -0.4 is 19.1 Å². The zero-order valence-corrected chi connectivity index (χ0v) is 21.2. The van der Waals surface area contributed by atoms with Gasteiger partial charge in [0.25, 0.3) is 0 Å². The molecule has 5 rings (SSSR count). The number of carbonyl (C=O) groups excluding carboxylic acids is 1. The second-order valence-corrected chi connectivity index (χ2v) is 8.81. The second kappa shape index (κ2) is 11.5. The van der Waals surface area contributed by atoms with Crippen LogP contribution in [-0.2, 0) is 11.2 Å². The normalized spacial score (nSPS) is 13.2. The first-order valence-corrected chi connectivity index (χ1v) is 12.4. The average molecular weight is 509 g/mol. The minimum absolute atomic E-state index is 0.103. The standard InChI is InChI=1S/C30H28N4O4/c1-3-17-37-28-20-26-25(19-27(28)36-2)30(32-21-31-26)34-15-13-33(14-16-34)29(35)18-22-9-11-24(12-10-22)38-23-7-5-4-6-8-23/h1,4-12,19-21H,13-18H2,2H3. The number of terminal acetylenes is 1. The highest BCUT2D eigenvalue weighted by atomic mass is 16.5. The van der Waals surface area contributed by atoms with Crippen LogP contribution in [0.5, 0.6) is 23.0 Å². The SMILES string of the molecule is C#CCOc1cc2ncnc(N3CCN(C(=O)Cc4ccc(Oc5ccccc5)cc4)CC3)c2cc1OC. The number of hydrogen-bond donors (Lipinski definition) is 0. The third-order valence-electron chi connectivity index (χ3n) is 6.40. The van der Waals surface area contributed by atoms with Gasteiger partial charge >= 0.3 is 0 Å². The van der Waals surface area contributed by atoms with E-state index in [1.807, 2.05) is 71.6 Å². The van der Waals surface area contributed by atoms with Crippen LogP contribution >= 0.6 is 0 Å². The molecule has 38 heavy (non-hydrogen) atoms. The van der Waals surface area contributed by atoms with Crippen molar-refractivity contribution in [2.75, 3.05) is 44.8 Å². The number of carbonyl (C=O) groups is 1. The van der Waals surface area contributed by atoms with E-state index in [1.165, 1.54) is 6.33 Å². The molecule has 2 heterocycles. The van der Waals surface area contributed by atoms with Crippen molar-refractivity contribution in [3.8, 4) is 35.3 Å². The van der Waals surface area contributed by atoms with Gasteiger partial charge in [0.1, 0.15) is 30.3 Å². The van der Waals surface area contributed by atoms with E-state index in [0.717, 1.165) is 33.8 Å². The average Bonchev–Trinajstić information content (AvgIpc) is 2.97. The summed E-state index contributed by atoms with van der Waals surface area (Å²) < 4.78 is 17.0. The summed E-state index contributed by atoms with van der Waals surface area (Å²) in [5.74, 6) is 5.99. The highest BCUT2D eigenvalue weighted by Gasteiger charge is 2.24. The Labute approximate surface area is 221 Å². The molecule has 0 aliphatic carbocycles. The van der Waals surface area contributed by atoms with E-state index in [-0.39, 0.29) is 12.5 Å². The Morgan fingerprint density at radius 1 is 0.947 bits per heavy atom. The van der Waals surface area contributed by atoms with Crippen molar-refractivity contribution in [2.24, 2.45) is 0 Å². The number of rotatable bonds is 8. The zero-order chi connectivity index (χ0) is 26.3. The molecule has 3 aromatic carbocycles. The van der Waals surface area contributed by atoms with Crippen LogP contribution in [0.1, 0.15) is 5.56 Å². The Bertz CT molecular complexity index is 1440. The van der Waals surface area contributed by atoms with Gasteiger partial charge in [-0.1, -0.05) is 36.3 Å². The topological polar surface area (TPSA) is 77.0 Å². The van der Waals surface area contributed by atoms with E-state index in [0.29, 0.717) is 44.1 Å². The van der Waals surface area contributed by atoms with Gasteiger partial charge in [-0.3, -0.25) is 4.79 Å². The molecule has 1 aliphatic heterocycles. The van der Waals surface area contributed by atoms with Gasteiger partial charge in [-0.2, -0.15) is 0 Å². The van der Waals surface area contributed by atoms with Crippen molar-refractivity contribution in [1.82, 2.24) is 14.9 Å². The zero-order valence-electron chi connectivity index (χ0n) is 21.2. The number of aromatic nitrogens is 2. The molecule has 4 aromatic rings. The van der Waals surface area contributed by atoms with Gasteiger partial charge in [0.05, 0.1) is 19.0 Å². The number of fused-ring (bicyclic) bond motifs is 1. The van der Waals surface area contributed by atoms with Gasteiger partial charge in [0.2, 0.25) is 5.91 Å². The molecule has 1 saturated heterocycles. The molecule has 8 nitrogen and oxygen atoms in total. The quantitative estimate of drug-likeness (QED) is 0.328. The van der Waals surface area contributed by atoms with Crippen LogP contribution in [0.4, 0.5) is 5.82 Å². The maximum Gasteiger partial charge on any atom is 0.227 e. The number of nitrogens with zero attached hydrogens (tertiary/aromatic N) is 4. The molecule has 0 radical (unpaired) electrons. The second-order valence-electron chi connectivity index (χ2n) is 8.81.